The minimum Gasteiger partial charge on any atom is -0.329 e. The average Bonchev–Trinajstić information content (AvgIpc) is 2.62. The van der Waals surface area contributed by atoms with E-state index in [-0.39, 0.29) is 12.1 Å². The Morgan fingerprint density at radius 2 is 2.00 bits per heavy atom. The predicted molar refractivity (Wildman–Crippen MR) is 64.9 cm³/mol. The predicted octanol–water partition coefficient (Wildman–Crippen LogP) is 2.83. The number of carbonyl (C=O) groups is 1. The molecule has 0 atom stereocenters. The maximum absolute atomic E-state index is 12.5. The Labute approximate surface area is 110 Å². The van der Waals surface area contributed by atoms with Crippen molar-refractivity contribution in [3.63, 3.8) is 0 Å². The van der Waals surface area contributed by atoms with E-state index in [4.69, 9.17) is 0 Å². The van der Waals surface area contributed by atoms with Crippen molar-refractivity contribution >= 4 is 5.91 Å². The molecule has 1 amide bonds. The number of nitrogens with one attached hydrogen (secondary N) is 1. The molecule has 0 fully saturated rings. The molecule has 1 aromatic heterocycles. The largest absolute Gasteiger partial charge is 0.406 e. The van der Waals surface area contributed by atoms with E-state index in [9.17, 15) is 18.0 Å². The summed E-state index contributed by atoms with van der Waals surface area (Å²) in [4.78, 5) is 13.0. The molecule has 0 unspecified atom stereocenters. The first-order valence-electron chi connectivity index (χ1n) is 6.14. The van der Waals surface area contributed by atoms with Crippen molar-refractivity contribution in [3.8, 4) is 0 Å². The van der Waals surface area contributed by atoms with Gasteiger partial charge in [-0.15, -0.1) is 0 Å². The molecule has 7 heteroatoms. The monoisotopic (exact) mass is 277 g/mol. The average molecular weight is 277 g/mol. The summed E-state index contributed by atoms with van der Waals surface area (Å²) in [7, 11) is 0. The van der Waals surface area contributed by atoms with Crippen LogP contribution in [0.4, 0.5) is 13.2 Å². The zero-order chi connectivity index (χ0) is 14.6. The number of carbonyl (C=O) groups excluding carboxylic acids is 1. The second kappa shape index (κ2) is 6.08. The smallest absolute Gasteiger partial charge is 0.329 e. The Kier molecular flexibility index (Phi) is 4.97. The number of aryl methyl sites for hydroxylation is 2. The van der Waals surface area contributed by atoms with Gasteiger partial charge >= 0.3 is 6.18 Å². The van der Waals surface area contributed by atoms with Crippen LogP contribution in [0.1, 0.15) is 41.5 Å². The number of hydrogen-bond donors (Lipinski definition) is 1. The molecule has 0 saturated carbocycles. The number of unbranched alkanes of at least 4 members (excludes halogenated alkanes) is 1. The minimum atomic E-state index is -4.39. The van der Waals surface area contributed by atoms with Gasteiger partial charge in [0, 0.05) is 12.2 Å². The van der Waals surface area contributed by atoms with Gasteiger partial charge in [0.05, 0.1) is 11.3 Å². The van der Waals surface area contributed by atoms with Crippen LogP contribution in [0.5, 0.6) is 0 Å². The van der Waals surface area contributed by atoms with Crippen LogP contribution >= 0.6 is 0 Å². The Morgan fingerprint density at radius 3 is 2.42 bits per heavy atom. The molecule has 1 N–H and O–H groups in total. The third-order valence-corrected chi connectivity index (χ3v) is 2.78. The van der Waals surface area contributed by atoms with Gasteiger partial charge < -0.3 is 4.90 Å². The summed E-state index contributed by atoms with van der Waals surface area (Å²) in [6.45, 7) is 3.96. The molecule has 0 aliphatic rings. The molecule has 4 nitrogen and oxygen atoms in total. The van der Waals surface area contributed by atoms with E-state index in [0.29, 0.717) is 17.8 Å². The lowest BCUT2D eigenvalue weighted by molar-refractivity contribution is -0.140. The molecule has 1 heterocycles. The topological polar surface area (TPSA) is 49.0 Å². The number of hydrogen-bond acceptors (Lipinski definition) is 2. The Balaban J connectivity index is 2.94. The molecule has 1 aromatic rings. The first-order valence-corrected chi connectivity index (χ1v) is 6.14. The minimum absolute atomic E-state index is 0.0961. The van der Waals surface area contributed by atoms with Crippen molar-refractivity contribution < 1.29 is 18.0 Å². The first-order chi connectivity index (χ1) is 8.76. The third-order valence-electron chi connectivity index (χ3n) is 2.78. The highest BCUT2D eigenvalue weighted by molar-refractivity contribution is 5.96. The van der Waals surface area contributed by atoms with Crippen molar-refractivity contribution in [3.05, 3.63) is 17.0 Å². The van der Waals surface area contributed by atoms with Crippen LogP contribution in [-0.4, -0.2) is 40.3 Å². The number of nitrogens with zero attached hydrogens (tertiary/aromatic N) is 2. The fourth-order valence-corrected chi connectivity index (χ4v) is 1.84. The van der Waals surface area contributed by atoms with Gasteiger partial charge in [-0.2, -0.15) is 18.3 Å². The highest BCUT2D eigenvalue weighted by Gasteiger charge is 2.34. The van der Waals surface area contributed by atoms with Crippen LogP contribution in [0, 0.1) is 13.8 Å². The summed E-state index contributed by atoms with van der Waals surface area (Å²) in [5, 5.41) is 6.46. The molecule has 0 aromatic carbocycles. The lowest BCUT2D eigenvalue weighted by Gasteiger charge is -2.24. The lowest BCUT2D eigenvalue weighted by Crippen LogP contribution is -2.40. The third kappa shape index (κ3) is 4.25. The maximum atomic E-state index is 12.5. The Morgan fingerprint density at radius 1 is 1.37 bits per heavy atom. The summed E-state index contributed by atoms with van der Waals surface area (Å²) in [5.41, 5.74) is 1.15. The first kappa shape index (κ1) is 15.5. The number of amides is 1. The van der Waals surface area contributed by atoms with E-state index < -0.39 is 18.6 Å². The van der Waals surface area contributed by atoms with Crippen LogP contribution in [0.2, 0.25) is 0 Å². The number of rotatable bonds is 5. The van der Waals surface area contributed by atoms with E-state index in [1.165, 1.54) is 0 Å². The fourth-order valence-electron chi connectivity index (χ4n) is 1.84. The Hall–Kier alpha value is -1.53. The van der Waals surface area contributed by atoms with Gasteiger partial charge in [0.2, 0.25) is 0 Å². The molecule has 0 spiro atoms. The summed E-state index contributed by atoms with van der Waals surface area (Å²) in [5.74, 6) is -0.616. The van der Waals surface area contributed by atoms with Gasteiger partial charge in [0.1, 0.15) is 6.54 Å². The molecule has 0 aliphatic carbocycles. The molecule has 1 rings (SSSR count). The highest BCUT2D eigenvalue weighted by Crippen LogP contribution is 2.20. The maximum Gasteiger partial charge on any atom is 0.406 e. The standard InChI is InChI=1S/C12H18F3N3O/c1-4-5-6-18(7-12(13,14)15)11(19)10-8(2)16-17-9(10)3/h4-7H2,1-3H3,(H,16,17). The van der Waals surface area contributed by atoms with Gasteiger partial charge in [-0.05, 0) is 20.3 Å². The molecular formula is C12H18F3N3O. The fraction of sp³-hybridized carbons (Fsp3) is 0.667. The second-order valence-electron chi connectivity index (χ2n) is 4.50. The number of aromatic amines is 1. The van der Waals surface area contributed by atoms with Crippen molar-refractivity contribution in [2.75, 3.05) is 13.1 Å². The van der Waals surface area contributed by atoms with Gasteiger partial charge in [0.25, 0.3) is 5.91 Å². The van der Waals surface area contributed by atoms with Crippen molar-refractivity contribution in [2.24, 2.45) is 0 Å². The number of H-pyrrole nitrogens is 1. The van der Waals surface area contributed by atoms with Gasteiger partial charge in [-0.3, -0.25) is 9.89 Å². The van der Waals surface area contributed by atoms with Crippen LogP contribution in [-0.2, 0) is 0 Å². The van der Waals surface area contributed by atoms with Crippen molar-refractivity contribution in [2.45, 2.75) is 39.8 Å². The van der Waals surface area contributed by atoms with Crippen molar-refractivity contribution in [1.29, 1.82) is 0 Å². The molecule has 0 bridgehead atoms. The SMILES string of the molecule is CCCCN(CC(F)(F)F)C(=O)c1c(C)n[nH]c1C. The molecule has 19 heavy (non-hydrogen) atoms. The van der Waals surface area contributed by atoms with Crippen LogP contribution < -0.4 is 0 Å². The quantitative estimate of drug-likeness (QED) is 0.899. The molecular weight excluding hydrogens is 259 g/mol. The van der Waals surface area contributed by atoms with Gasteiger partial charge in [-0.1, -0.05) is 13.3 Å². The van der Waals surface area contributed by atoms with Crippen LogP contribution in [0.3, 0.4) is 0 Å². The van der Waals surface area contributed by atoms with Crippen LogP contribution in [0.15, 0.2) is 0 Å². The Bertz CT molecular complexity index is 420. The van der Waals surface area contributed by atoms with E-state index in [1.54, 1.807) is 13.8 Å². The lowest BCUT2D eigenvalue weighted by atomic mass is 10.1. The van der Waals surface area contributed by atoms with Gasteiger partial charge in [0.15, 0.2) is 0 Å². The van der Waals surface area contributed by atoms with E-state index in [0.717, 1.165) is 11.3 Å². The molecule has 0 aliphatic heterocycles. The summed E-state index contributed by atoms with van der Waals surface area (Å²) in [6, 6.07) is 0. The molecule has 0 radical (unpaired) electrons. The van der Waals surface area contributed by atoms with Crippen molar-refractivity contribution in [1.82, 2.24) is 15.1 Å². The number of halogens is 3. The van der Waals surface area contributed by atoms with Gasteiger partial charge in [-0.25, -0.2) is 0 Å². The zero-order valence-electron chi connectivity index (χ0n) is 11.3. The van der Waals surface area contributed by atoms with E-state index in [2.05, 4.69) is 10.2 Å². The highest BCUT2D eigenvalue weighted by atomic mass is 19.4. The zero-order valence-corrected chi connectivity index (χ0v) is 11.3. The summed E-state index contributed by atoms with van der Waals surface area (Å²) < 4.78 is 37.6. The summed E-state index contributed by atoms with van der Waals surface area (Å²) in [6.07, 6.45) is -3.13. The number of alkyl halides is 3. The second-order valence-corrected chi connectivity index (χ2v) is 4.50. The summed E-state index contributed by atoms with van der Waals surface area (Å²) >= 11 is 0. The van der Waals surface area contributed by atoms with E-state index in [1.807, 2.05) is 6.92 Å². The van der Waals surface area contributed by atoms with Crippen LogP contribution in [0.25, 0.3) is 0 Å². The molecule has 0 saturated heterocycles. The normalized spacial score (nSPS) is 11.7. The van der Waals surface area contributed by atoms with E-state index >= 15 is 0 Å². The number of aromatic nitrogens is 2. The molecule has 108 valence electrons.